The molecule has 0 atom stereocenters. The number of aliphatic hydroxyl groups excluding tert-OH is 1. The van der Waals surface area contributed by atoms with E-state index in [4.69, 9.17) is 5.11 Å². The average Bonchev–Trinajstić information content (AvgIpc) is 2.61. The van der Waals surface area contributed by atoms with Crippen LogP contribution in [0.5, 0.6) is 0 Å². The number of rotatable bonds is 6. The fourth-order valence-electron chi connectivity index (χ4n) is 2.42. The van der Waals surface area contributed by atoms with Crippen LogP contribution < -0.4 is 5.32 Å². The second-order valence-corrected chi connectivity index (χ2v) is 5.74. The summed E-state index contributed by atoms with van der Waals surface area (Å²) in [6.45, 7) is 3.29. The molecular formula is C19H23F2N3O. The Morgan fingerprint density at radius 1 is 1.12 bits per heavy atom. The first-order valence-electron chi connectivity index (χ1n) is 8.15. The van der Waals surface area contributed by atoms with Crippen LogP contribution in [0.2, 0.25) is 0 Å². The first kappa shape index (κ1) is 18.9. The molecule has 0 heterocycles. The smallest absolute Gasteiger partial charge is 0.194 e. The topological polar surface area (TPSA) is 47.9 Å². The van der Waals surface area contributed by atoms with Gasteiger partial charge in [0.25, 0.3) is 0 Å². The summed E-state index contributed by atoms with van der Waals surface area (Å²) >= 11 is 0. The van der Waals surface area contributed by atoms with Crippen LogP contribution in [0.4, 0.5) is 8.78 Å². The van der Waals surface area contributed by atoms with E-state index in [1.807, 2.05) is 18.9 Å². The van der Waals surface area contributed by atoms with Crippen molar-refractivity contribution in [3.05, 3.63) is 70.8 Å². The molecule has 0 fully saturated rings. The lowest BCUT2D eigenvalue weighted by atomic mass is 10.1. The molecule has 0 saturated heterocycles. The van der Waals surface area contributed by atoms with Crippen molar-refractivity contribution in [2.75, 3.05) is 13.6 Å². The molecule has 0 spiro atoms. The highest BCUT2D eigenvalue weighted by Crippen LogP contribution is 2.12. The molecule has 0 bridgehead atoms. The lowest BCUT2D eigenvalue weighted by molar-refractivity contribution is 0.275. The minimum absolute atomic E-state index is 0.261. The van der Waals surface area contributed by atoms with Gasteiger partial charge in [-0.25, -0.2) is 13.8 Å². The number of nitrogens with zero attached hydrogens (tertiary/aromatic N) is 2. The Bertz CT molecular complexity index is 717. The third-order valence-electron chi connectivity index (χ3n) is 3.72. The van der Waals surface area contributed by atoms with E-state index in [-0.39, 0.29) is 18.0 Å². The van der Waals surface area contributed by atoms with Crippen molar-refractivity contribution in [2.24, 2.45) is 4.99 Å². The normalized spacial score (nSPS) is 11.5. The van der Waals surface area contributed by atoms with E-state index in [0.717, 1.165) is 11.1 Å². The number of aliphatic hydroxyl groups is 1. The van der Waals surface area contributed by atoms with Crippen LogP contribution in [0.15, 0.2) is 47.5 Å². The van der Waals surface area contributed by atoms with Gasteiger partial charge in [0.1, 0.15) is 11.6 Å². The quantitative estimate of drug-likeness (QED) is 0.624. The predicted molar refractivity (Wildman–Crippen MR) is 95.0 cm³/mol. The zero-order chi connectivity index (χ0) is 18.2. The van der Waals surface area contributed by atoms with Gasteiger partial charge in [-0.2, -0.15) is 0 Å². The van der Waals surface area contributed by atoms with Gasteiger partial charge in [-0.15, -0.1) is 0 Å². The maximum absolute atomic E-state index is 13.4. The van der Waals surface area contributed by atoms with Crippen molar-refractivity contribution in [2.45, 2.75) is 26.6 Å². The molecule has 0 radical (unpaired) electrons. The molecule has 134 valence electrons. The lowest BCUT2D eigenvalue weighted by Crippen LogP contribution is -2.38. The van der Waals surface area contributed by atoms with Gasteiger partial charge in [-0.1, -0.05) is 18.2 Å². The monoisotopic (exact) mass is 347 g/mol. The van der Waals surface area contributed by atoms with Gasteiger partial charge in [-0.05, 0) is 42.3 Å². The summed E-state index contributed by atoms with van der Waals surface area (Å²) in [5.41, 5.74) is 2.05. The molecule has 0 unspecified atom stereocenters. The Kier molecular flexibility index (Phi) is 6.89. The first-order valence-corrected chi connectivity index (χ1v) is 8.15. The SMILES string of the molecule is CCNC(=NCc1ccc(F)c(CO)c1)N(C)Cc1ccc(F)cc1. The van der Waals surface area contributed by atoms with E-state index < -0.39 is 5.82 Å². The van der Waals surface area contributed by atoms with Crippen LogP contribution in [0.3, 0.4) is 0 Å². The van der Waals surface area contributed by atoms with E-state index in [0.29, 0.717) is 25.6 Å². The van der Waals surface area contributed by atoms with Gasteiger partial charge in [0.15, 0.2) is 5.96 Å². The first-order chi connectivity index (χ1) is 12.0. The van der Waals surface area contributed by atoms with Gasteiger partial charge in [0.2, 0.25) is 0 Å². The number of halogens is 2. The van der Waals surface area contributed by atoms with Crippen LogP contribution in [-0.2, 0) is 19.7 Å². The van der Waals surface area contributed by atoms with E-state index in [1.54, 1.807) is 24.3 Å². The Morgan fingerprint density at radius 3 is 2.44 bits per heavy atom. The summed E-state index contributed by atoms with van der Waals surface area (Å²) in [5, 5.41) is 12.4. The number of guanidine groups is 1. The minimum atomic E-state index is -0.421. The summed E-state index contributed by atoms with van der Waals surface area (Å²) in [5.74, 6) is 0.0141. The molecule has 6 heteroatoms. The molecule has 2 aromatic rings. The van der Waals surface area contributed by atoms with Gasteiger partial charge >= 0.3 is 0 Å². The number of hydrogen-bond donors (Lipinski definition) is 2. The summed E-state index contributed by atoms with van der Waals surface area (Å²) in [6.07, 6.45) is 0. The molecule has 4 nitrogen and oxygen atoms in total. The van der Waals surface area contributed by atoms with Gasteiger partial charge in [0, 0.05) is 25.7 Å². The van der Waals surface area contributed by atoms with Crippen molar-refractivity contribution >= 4 is 5.96 Å². The Labute approximate surface area is 146 Å². The minimum Gasteiger partial charge on any atom is -0.392 e. The van der Waals surface area contributed by atoms with E-state index >= 15 is 0 Å². The molecule has 0 aliphatic carbocycles. The number of aliphatic imine (C=N–C) groups is 1. The van der Waals surface area contributed by atoms with Crippen LogP contribution in [0.25, 0.3) is 0 Å². The standard InChI is InChI=1S/C19H23F2N3O/c1-3-22-19(24(2)12-14-4-7-17(20)8-5-14)23-11-15-6-9-18(21)16(10-15)13-25/h4-10,25H,3,11-13H2,1-2H3,(H,22,23). The van der Waals surface area contributed by atoms with Crippen LogP contribution in [0, 0.1) is 11.6 Å². The largest absolute Gasteiger partial charge is 0.392 e. The number of benzene rings is 2. The van der Waals surface area contributed by atoms with Gasteiger partial charge in [-0.3, -0.25) is 0 Å². The Morgan fingerprint density at radius 2 is 1.80 bits per heavy atom. The molecule has 0 aliphatic heterocycles. The zero-order valence-electron chi connectivity index (χ0n) is 14.5. The number of nitrogens with one attached hydrogen (secondary N) is 1. The fraction of sp³-hybridized carbons (Fsp3) is 0.316. The Balaban J connectivity index is 2.10. The van der Waals surface area contributed by atoms with E-state index in [1.165, 1.54) is 18.2 Å². The molecule has 2 N–H and O–H groups in total. The summed E-state index contributed by atoms with van der Waals surface area (Å²) < 4.78 is 26.5. The fourth-order valence-corrected chi connectivity index (χ4v) is 2.42. The third-order valence-corrected chi connectivity index (χ3v) is 3.72. The van der Waals surface area contributed by atoms with Crippen molar-refractivity contribution in [3.63, 3.8) is 0 Å². The van der Waals surface area contributed by atoms with Crippen LogP contribution in [-0.4, -0.2) is 29.6 Å². The van der Waals surface area contributed by atoms with Crippen molar-refractivity contribution in [1.29, 1.82) is 0 Å². The van der Waals surface area contributed by atoms with E-state index in [9.17, 15) is 8.78 Å². The second kappa shape index (κ2) is 9.13. The average molecular weight is 347 g/mol. The van der Waals surface area contributed by atoms with Crippen LogP contribution in [0.1, 0.15) is 23.6 Å². The van der Waals surface area contributed by atoms with Gasteiger partial charge in [0.05, 0.1) is 13.2 Å². The third kappa shape index (κ3) is 5.53. The predicted octanol–water partition coefficient (Wildman–Crippen LogP) is 3.05. The van der Waals surface area contributed by atoms with E-state index in [2.05, 4.69) is 10.3 Å². The maximum Gasteiger partial charge on any atom is 0.194 e. The van der Waals surface area contributed by atoms with Crippen LogP contribution >= 0.6 is 0 Å². The highest BCUT2D eigenvalue weighted by atomic mass is 19.1. The van der Waals surface area contributed by atoms with Crippen molar-refractivity contribution < 1.29 is 13.9 Å². The number of hydrogen-bond acceptors (Lipinski definition) is 2. The molecule has 2 aromatic carbocycles. The second-order valence-electron chi connectivity index (χ2n) is 5.74. The lowest BCUT2D eigenvalue weighted by Gasteiger charge is -2.22. The molecule has 25 heavy (non-hydrogen) atoms. The molecule has 0 aromatic heterocycles. The van der Waals surface area contributed by atoms with Crippen molar-refractivity contribution in [3.8, 4) is 0 Å². The van der Waals surface area contributed by atoms with Gasteiger partial charge < -0.3 is 15.3 Å². The molecule has 0 amide bonds. The summed E-state index contributed by atoms with van der Waals surface area (Å²) in [7, 11) is 1.90. The highest BCUT2D eigenvalue weighted by Gasteiger charge is 2.08. The zero-order valence-corrected chi connectivity index (χ0v) is 14.5. The Hall–Kier alpha value is -2.47. The molecule has 0 saturated carbocycles. The summed E-state index contributed by atoms with van der Waals surface area (Å²) in [6, 6.07) is 11.0. The highest BCUT2D eigenvalue weighted by molar-refractivity contribution is 5.79. The maximum atomic E-state index is 13.4. The molecule has 2 rings (SSSR count). The molecular weight excluding hydrogens is 324 g/mol. The summed E-state index contributed by atoms with van der Waals surface area (Å²) in [4.78, 5) is 6.49. The van der Waals surface area contributed by atoms with Crippen molar-refractivity contribution in [1.82, 2.24) is 10.2 Å². The molecule has 0 aliphatic rings.